The molecule has 0 saturated carbocycles. The molecule has 0 aromatic heterocycles. The fourth-order valence-corrected chi connectivity index (χ4v) is 4.60. The van der Waals surface area contributed by atoms with E-state index in [1.807, 2.05) is 23.1 Å². The Kier molecular flexibility index (Phi) is 5.89. The van der Waals surface area contributed by atoms with Gasteiger partial charge in [-0.1, -0.05) is 35.6 Å². The van der Waals surface area contributed by atoms with Crippen molar-refractivity contribution in [2.45, 2.75) is 51.1 Å². The van der Waals surface area contributed by atoms with Crippen molar-refractivity contribution in [3.05, 3.63) is 33.8 Å². The average molecular weight is 439 g/mol. The molecule has 7 heteroatoms. The van der Waals surface area contributed by atoms with Gasteiger partial charge in [-0.15, -0.1) is 0 Å². The molecule has 1 aromatic rings. The zero-order chi connectivity index (χ0) is 18.9. The Labute approximate surface area is 164 Å². The van der Waals surface area contributed by atoms with Gasteiger partial charge in [-0.25, -0.2) is 0 Å². The summed E-state index contributed by atoms with van der Waals surface area (Å²) < 4.78 is 6.75. The van der Waals surface area contributed by atoms with Gasteiger partial charge in [0.15, 0.2) is 0 Å². The number of carbonyl (C=O) groups excluding carboxylic acids is 2. The Morgan fingerprint density at radius 2 is 2.04 bits per heavy atom. The van der Waals surface area contributed by atoms with Gasteiger partial charge >= 0.3 is 0 Å². The predicted octanol–water partition coefficient (Wildman–Crippen LogP) is 3.71. The summed E-state index contributed by atoms with van der Waals surface area (Å²) in [7, 11) is -1.13. The molecule has 0 spiro atoms. The van der Waals surface area contributed by atoms with Crippen molar-refractivity contribution in [1.29, 1.82) is 0 Å². The number of fused-ring (bicyclic) bond motifs is 1. The van der Waals surface area contributed by atoms with Crippen LogP contribution in [0.1, 0.15) is 28.8 Å². The molecular formula is C19H27BrN2O3Si. The number of amides is 2. The lowest BCUT2D eigenvalue weighted by atomic mass is 10.0. The molecule has 0 aliphatic carbocycles. The van der Waals surface area contributed by atoms with Crippen LogP contribution in [0.5, 0.6) is 0 Å². The molecule has 1 atom stereocenters. The third kappa shape index (κ3) is 4.56. The number of benzene rings is 1. The summed E-state index contributed by atoms with van der Waals surface area (Å²) in [5.74, 6) is 0.201. The number of rotatable bonds is 6. The number of halogens is 1. The van der Waals surface area contributed by atoms with E-state index in [9.17, 15) is 9.59 Å². The van der Waals surface area contributed by atoms with Crippen LogP contribution >= 0.6 is 15.9 Å². The van der Waals surface area contributed by atoms with Crippen molar-refractivity contribution >= 4 is 35.8 Å². The van der Waals surface area contributed by atoms with Crippen LogP contribution in [0.2, 0.25) is 25.7 Å². The predicted molar refractivity (Wildman–Crippen MR) is 108 cm³/mol. The average Bonchev–Trinajstić information content (AvgIpc) is 2.88. The van der Waals surface area contributed by atoms with Crippen molar-refractivity contribution in [2.75, 3.05) is 19.9 Å². The van der Waals surface area contributed by atoms with Gasteiger partial charge < -0.3 is 14.5 Å². The molecule has 1 saturated heterocycles. The van der Waals surface area contributed by atoms with Crippen LogP contribution in [-0.2, 0) is 16.1 Å². The Morgan fingerprint density at radius 3 is 2.77 bits per heavy atom. The maximum atomic E-state index is 12.7. The first-order valence-electron chi connectivity index (χ1n) is 9.19. The number of ether oxygens (including phenoxy) is 1. The smallest absolute Gasteiger partial charge is 0.254 e. The van der Waals surface area contributed by atoms with Gasteiger partial charge in [0.05, 0.1) is 6.04 Å². The molecule has 1 unspecified atom stereocenters. The van der Waals surface area contributed by atoms with E-state index < -0.39 is 8.07 Å². The SMILES string of the molecule is C[Si](C)(C)CCOCN1CC(N2Cc3cc(Br)ccc3C2=O)CCC1=O. The highest BCUT2D eigenvalue weighted by atomic mass is 79.9. The summed E-state index contributed by atoms with van der Waals surface area (Å²) >= 11 is 3.47. The van der Waals surface area contributed by atoms with Crippen molar-refractivity contribution in [3.8, 4) is 0 Å². The Hall–Kier alpha value is -1.18. The maximum absolute atomic E-state index is 12.7. The number of carbonyl (C=O) groups is 2. The highest BCUT2D eigenvalue weighted by molar-refractivity contribution is 9.10. The molecule has 5 nitrogen and oxygen atoms in total. The molecule has 142 valence electrons. The monoisotopic (exact) mass is 438 g/mol. The second kappa shape index (κ2) is 7.82. The summed E-state index contributed by atoms with van der Waals surface area (Å²) in [5.41, 5.74) is 1.84. The van der Waals surface area contributed by atoms with E-state index in [0.29, 0.717) is 32.8 Å². The molecule has 26 heavy (non-hydrogen) atoms. The summed E-state index contributed by atoms with van der Waals surface area (Å²) in [4.78, 5) is 28.7. The van der Waals surface area contributed by atoms with Gasteiger partial charge in [0.1, 0.15) is 6.73 Å². The first-order valence-corrected chi connectivity index (χ1v) is 13.7. The van der Waals surface area contributed by atoms with E-state index in [1.54, 1.807) is 4.90 Å². The second-order valence-electron chi connectivity index (χ2n) is 8.39. The molecule has 3 rings (SSSR count). The van der Waals surface area contributed by atoms with E-state index in [1.165, 1.54) is 0 Å². The van der Waals surface area contributed by atoms with Crippen molar-refractivity contribution in [2.24, 2.45) is 0 Å². The van der Waals surface area contributed by atoms with Crippen LogP contribution in [0.3, 0.4) is 0 Å². The van der Waals surface area contributed by atoms with E-state index in [2.05, 4.69) is 35.6 Å². The lowest BCUT2D eigenvalue weighted by Gasteiger charge is -2.37. The van der Waals surface area contributed by atoms with Crippen LogP contribution < -0.4 is 0 Å². The first-order chi connectivity index (χ1) is 12.2. The van der Waals surface area contributed by atoms with Gasteiger partial charge in [0.25, 0.3) is 5.91 Å². The van der Waals surface area contributed by atoms with Gasteiger partial charge in [-0.3, -0.25) is 9.59 Å². The summed E-state index contributed by atoms with van der Waals surface area (Å²) in [6.07, 6.45) is 1.21. The van der Waals surface area contributed by atoms with E-state index in [-0.39, 0.29) is 17.9 Å². The van der Waals surface area contributed by atoms with E-state index >= 15 is 0 Å². The fourth-order valence-electron chi connectivity index (χ4n) is 3.43. The summed E-state index contributed by atoms with van der Waals surface area (Å²) in [5, 5.41) is 0. The minimum atomic E-state index is -1.13. The number of nitrogens with zero attached hydrogens (tertiary/aromatic N) is 2. The number of likely N-dealkylation sites (tertiary alicyclic amines) is 1. The molecule has 2 aliphatic rings. The molecule has 2 aliphatic heterocycles. The molecule has 0 bridgehead atoms. The van der Waals surface area contributed by atoms with Gasteiger partial charge in [-0.2, -0.15) is 0 Å². The van der Waals surface area contributed by atoms with Crippen LogP contribution in [-0.4, -0.2) is 55.6 Å². The minimum Gasteiger partial charge on any atom is -0.361 e. The van der Waals surface area contributed by atoms with Crippen molar-refractivity contribution in [3.63, 3.8) is 0 Å². The third-order valence-electron chi connectivity index (χ3n) is 5.06. The maximum Gasteiger partial charge on any atom is 0.254 e. The molecular weight excluding hydrogens is 412 g/mol. The zero-order valence-corrected chi connectivity index (χ0v) is 18.3. The standard InChI is InChI=1S/C19H27BrN2O3Si/c1-26(2,3)9-8-25-13-21-12-16(5-7-18(21)23)22-11-14-10-15(20)4-6-17(14)19(22)24/h4,6,10,16H,5,7-9,11-13H2,1-3H3. The lowest BCUT2D eigenvalue weighted by Crippen LogP contribution is -2.50. The highest BCUT2D eigenvalue weighted by Gasteiger charge is 2.36. The number of hydrogen-bond donors (Lipinski definition) is 0. The zero-order valence-electron chi connectivity index (χ0n) is 15.8. The van der Waals surface area contributed by atoms with Crippen LogP contribution in [0.15, 0.2) is 22.7 Å². The molecule has 2 heterocycles. The van der Waals surface area contributed by atoms with Gasteiger partial charge in [-0.05, 0) is 36.2 Å². The minimum absolute atomic E-state index is 0.0620. The Balaban J connectivity index is 1.58. The van der Waals surface area contributed by atoms with Crippen molar-refractivity contribution < 1.29 is 14.3 Å². The molecule has 0 N–H and O–H groups in total. The van der Waals surface area contributed by atoms with Crippen molar-refractivity contribution in [1.82, 2.24) is 9.80 Å². The topological polar surface area (TPSA) is 49.9 Å². The van der Waals surface area contributed by atoms with Gasteiger partial charge in [0, 0.05) is 44.2 Å². The molecule has 2 amide bonds. The highest BCUT2D eigenvalue weighted by Crippen LogP contribution is 2.30. The quantitative estimate of drug-likeness (QED) is 0.502. The van der Waals surface area contributed by atoms with Crippen LogP contribution in [0, 0.1) is 0 Å². The van der Waals surface area contributed by atoms with Crippen LogP contribution in [0.4, 0.5) is 0 Å². The number of hydrogen-bond acceptors (Lipinski definition) is 3. The normalized spacial score (nSPS) is 20.7. The lowest BCUT2D eigenvalue weighted by molar-refractivity contribution is -0.141. The fraction of sp³-hybridized carbons (Fsp3) is 0.579. The molecule has 1 fully saturated rings. The Bertz CT molecular complexity index is 705. The summed E-state index contributed by atoms with van der Waals surface area (Å²) in [6.45, 7) is 9.16. The van der Waals surface area contributed by atoms with Gasteiger partial charge in [0.2, 0.25) is 5.91 Å². The third-order valence-corrected chi connectivity index (χ3v) is 7.26. The first kappa shape index (κ1) is 19.6. The summed E-state index contributed by atoms with van der Waals surface area (Å²) in [6, 6.07) is 6.95. The largest absolute Gasteiger partial charge is 0.361 e. The van der Waals surface area contributed by atoms with E-state index in [0.717, 1.165) is 28.1 Å². The van der Waals surface area contributed by atoms with E-state index in [4.69, 9.17) is 4.74 Å². The second-order valence-corrected chi connectivity index (χ2v) is 14.9. The van der Waals surface area contributed by atoms with Crippen LogP contribution in [0.25, 0.3) is 0 Å². The molecule has 1 aromatic carbocycles. The molecule has 0 radical (unpaired) electrons. The number of piperidine rings is 1. The Morgan fingerprint density at radius 1 is 1.27 bits per heavy atom.